The Morgan fingerprint density at radius 3 is 1.50 bits per heavy atom. The Morgan fingerprint density at radius 1 is 1.50 bits per heavy atom. The molecule has 0 aliphatic carbocycles. The third-order valence-corrected chi connectivity index (χ3v) is 0. The van der Waals surface area contributed by atoms with E-state index in [2.05, 4.69) is 0 Å². The molecule has 1 nitrogen and oxygen atoms in total. The summed E-state index contributed by atoms with van der Waals surface area (Å²) in [5, 5.41) is 0. The van der Waals surface area contributed by atoms with Gasteiger partial charge in [-0.3, -0.25) is 0 Å². The molecule has 20 valence electrons. The zero-order valence-corrected chi connectivity index (χ0v) is 10.1. The molecule has 0 bridgehead atoms. The van der Waals surface area contributed by atoms with E-state index in [1.807, 2.05) is 0 Å². The van der Waals surface area contributed by atoms with E-state index in [1.165, 1.54) is 0 Å². The molecular formula is HNaOW2. The maximum absolute atomic E-state index is 8.33. The summed E-state index contributed by atoms with van der Waals surface area (Å²) in [6.07, 6.45) is 0. The van der Waals surface area contributed by atoms with Gasteiger partial charge in [0.05, 0.1) is 0 Å². The maximum Gasteiger partial charge on any atom is 0 e. The molecule has 0 aromatic heterocycles. The standard InChI is InChI=1S/Na.O.2W.H/q+1;;;;-1. The predicted octanol–water partition coefficient (Wildman–Crippen LogP) is -3.01. The van der Waals surface area contributed by atoms with Crippen molar-refractivity contribution in [3.63, 3.8) is 0 Å². The van der Waals surface area contributed by atoms with Crippen molar-refractivity contribution in [3.8, 4) is 0 Å². The van der Waals surface area contributed by atoms with Gasteiger partial charge in [0, 0.05) is 21.1 Å². The minimum absolute atomic E-state index is 0. The van der Waals surface area contributed by atoms with Gasteiger partial charge in [0.1, 0.15) is 0 Å². The van der Waals surface area contributed by atoms with Crippen LogP contribution >= 0.6 is 0 Å². The van der Waals surface area contributed by atoms with E-state index in [9.17, 15) is 0 Å². The van der Waals surface area contributed by atoms with Crippen LogP contribution in [0.4, 0.5) is 0 Å². The van der Waals surface area contributed by atoms with Crippen molar-refractivity contribution in [1.29, 1.82) is 0 Å². The van der Waals surface area contributed by atoms with E-state index in [-0.39, 0.29) is 52.0 Å². The van der Waals surface area contributed by atoms with Gasteiger partial charge in [-0.2, -0.15) is 0 Å². The summed E-state index contributed by atoms with van der Waals surface area (Å²) in [7, 11) is 0. The normalized spacial score (nSPS) is 1.00. The molecular weight excluding hydrogens is 407 g/mol. The van der Waals surface area contributed by atoms with Crippen LogP contribution in [0.2, 0.25) is 0 Å². The summed E-state index contributed by atoms with van der Waals surface area (Å²) in [4.78, 5) is 0. The minimum atomic E-state index is 0. The second-order valence-electron chi connectivity index (χ2n) is 0. The van der Waals surface area contributed by atoms with E-state index in [0.29, 0.717) is 19.8 Å². The van der Waals surface area contributed by atoms with E-state index in [1.54, 1.807) is 0 Å². The number of hydrogen-bond acceptors (Lipinski definition) is 1. The summed E-state index contributed by atoms with van der Waals surface area (Å²) in [6, 6.07) is 0. The van der Waals surface area contributed by atoms with Crippen molar-refractivity contribution in [1.82, 2.24) is 0 Å². The van der Waals surface area contributed by atoms with Gasteiger partial charge < -0.3 is 1.43 Å². The van der Waals surface area contributed by atoms with E-state index >= 15 is 0 Å². The molecule has 4 heteroatoms. The molecule has 0 atom stereocenters. The SMILES string of the molecule is [H-].[Na+].[O]=[W].[W]. The second kappa shape index (κ2) is 19.1. The summed E-state index contributed by atoms with van der Waals surface area (Å²) in [5.41, 5.74) is 0. The molecule has 0 aromatic rings. The quantitative estimate of drug-likeness (QED) is 0.391. The first kappa shape index (κ1) is 16.4. The fourth-order valence-corrected chi connectivity index (χ4v) is 0. The minimum Gasteiger partial charge on any atom is 0 e. The zero-order chi connectivity index (χ0) is 2.00. The van der Waals surface area contributed by atoms with E-state index < -0.39 is 0 Å². The summed E-state index contributed by atoms with van der Waals surface area (Å²) in [6.45, 7) is 0. The summed E-state index contributed by atoms with van der Waals surface area (Å²) >= 11 is 0.333. The molecule has 0 rings (SSSR count). The van der Waals surface area contributed by atoms with Crippen molar-refractivity contribution in [3.05, 3.63) is 0 Å². The van der Waals surface area contributed by atoms with Crippen LogP contribution in [-0.2, 0) is 44.2 Å². The molecule has 0 unspecified atom stereocenters. The molecule has 0 N–H and O–H groups in total. The Bertz CT molecular complexity index is 9.61. The van der Waals surface area contributed by atoms with Crippen LogP contribution in [0, 0.1) is 0 Å². The fourth-order valence-electron chi connectivity index (χ4n) is 0. The molecule has 0 radical (unpaired) electrons. The molecule has 4 heavy (non-hydrogen) atoms. The average molecular weight is 408 g/mol. The van der Waals surface area contributed by atoms with Crippen LogP contribution in [-0.4, -0.2) is 0 Å². The van der Waals surface area contributed by atoms with Crippen molar-refractivity contribution < 1.29 is 75.2 Å². The van der Waals surface area contributed by atoms with Gasteiger partial charge in [-0.05, 0) is 0 Å². The third kappa shape index (κ3) is 8.90. The maximum atomic E-state index is 8.33. The molecule has 0 aromatic carbocycles. The first-order chi connectivity index (χ1) is 1.00. The average Bonchev–Trinajstić information content (AvgIpc) is 1.00. The van der Waals surface area contributed by atoms with Crippen molar-refractivity contribution in [2.24, 2.45) is 0 Å². The predicted molar refractivity (Wildman–Crippen MR) is 1.80 cm³/mol. The van der Waals surface area contributed by atoms with Gasteiger partial charge in [-0.15, -0.1) is 0 Å². The van der Waals surface area contributed by atoms with Gasteiger partial charge >= 0.3 is 52.7 Å². The van der Waals surface area contributed by atoms with Gasteiger partial charge in [0.2, 0.25) is 0 Å². The van der Waals surface area contributed by atoms with Gasteiger partial charge in [-0.25, -0.2) is 0 Å². The van der Waals surface area contributed by atoms with Gasteiger partial charge in [0.15, 0.2) is 0 Å². The van der Waals surface area contributed by atoms with E-state index in [0.717, 1.165) is 0 Å². The van der Waals surface area contributed by atoms with E-state index in [4.69, 9.17) is 3.40 Å². The smallest absolute Gasteiger partial charge is 0 e. The second-order valence-corrected chi connectivity index (χ2v) is 0. The fraction of sp³-hybridized carbons (Fsp3) is 0. The molecule has 0 spiro atoms. The molecule has 0 saturated carbocycles. The van der Waals surface area contributed by atoms with Crippen LogP contribution in [0.15, 0.2) is 0 Å². The van der Waals surface area contributed by atoms with Crippen LogP contribution in [0.3, 0.4) is 0 Å². The Kier molecular flexibility index (Phi) is 78.2. The Morgan fingerprint density at radius 2 is 1.50 bits per heavy atom. The largest absolute Gasteiger partial charge is 0 e. The van der Waals surface area contributed by atoms with Crippen LogP contribution in [0.25, 0.3) is 0 Å². The first-order valence-electron chi connectivity index (χ1n) is 0.167. The van der Waals surface area contributed by atoms with Gasteiger partial charge in [0.25, 0.3) is 0 Å². The molecule has 0 saturated heterocycles. The third-order valence-electron chi connectivity index (χ3n) is 0. The Labute approximate surface area is 74.2 Å². The summed E-state index contributed by atoms with van der Waals surface area (Å²) < 4.78 is 8.33. The summed E-state index contributed by atoms with van der Waals surface area (Å²) in [5.74, 6) is 0. The monoisotopic (exact) mass is 408 g/mol. The zero-order valence-electron chi connectivity index (χ0n) is 3.22. The van der Waals surface area contributed by atoms with Crippen LogP contribution < -0.4 is 29.6 Å². The van der Waals surface area contributed by atoms with Crippen LogP contribution in [0.1, 0.15) is 1.43 Å². The Hall–Kier alpha value is 2.18. The molecule has 0 fully saturated rings. The van der Waals surface area contributed by atoms with Crippen molar-refractivity contribution in [2.45, 2.75) is 0 Å². The number of hydrogen-bond donors (Lipinski definition) is 0. The topological polar surface area (TPSA) is 17.1 Å². The first-order valence-corrected chi connectivity index (χ1v) is 1.36. The molecule has 0 aliphatic heterocycles. The number of rotatable bonds is 0. The molecule has 0 amide bonds. The van der Waals surface area contributed by atoms with Gasteiger partial charge in [-0.1, -0.05) is 0 Å². The molecule has 0 heterocycles. The van der Waals surface area contributed by atoms with Crippen LogP contribution in [0.5, 0.6) is 0 Å². The van der Waals surface area contributed by atoms with Crippen molar-refractivity contribution >= 4 is 0 Å². The Balaban J connectivity index is -0.00000000167. The van der Waals surface area contributed by atoms with Crippen molar-refractivity contribution in [2.75, 3.05) is 0 Å². The molecule has 0 aliphatic rings.